The maximum atomic E-state index is 12.8. The molecule has 1 aliphatic rings. The zero-order chi connectivity index (χ0) is 15.6. The van der Waals surface area contributed by atoms with Crippen LogP contribution in [0.25, 0.3) is 0 Å². The molecule has 0 aromatic heterocycles. The fraction of sp³-hybridized carbons (Fsp3) is 0.533. The molecule has 2 rings (SSSR count). The van der Waals surface area contributed by atoms with Gasteiger partial charge in [-0.1, -0.05) is 24.6 Å². The Morgan fingerprint density at radius 2 is 2.10 bits per heavy atom. The van der Waals surface area contributed by atoms with Crippen LogP contribution in [0, 0.1) is 0 Å². The second-order valence-electron chi connectivity index (χ2n) is 5.49. The zero-order valence-corrected chi connectivity index (χ0v) is 11.7. The van der Waals surface area contributed by atoms with E-state index in [1.165, 1.54) is 12.1 Å². The first-order chi connectivity index (χ1) is 9.79. The SMILES string of the molecule is CC(NC1CCCC1c1cccc(C(F)(F)F)c1)C(=O)O. The monoisotopic (exact) mass is 301 g/mol. The van der Waals surface area contributed by atoms with Gasteiger partial charge in [0.2, 0.25) is 0 Å². The largest absolute Gasteiger partial charge is 0.480 e. The summed E-state index contributed by atoms with van der Waals surface area (Å²) < 4.78 is 38.3. The van der Waals surface area contributed by atoms with Crippen LogP contribution in [0.3, 0.4) is 0 Å². The molecule has 0 aliphatic heterocycles. The Morgan fingerprint density at radius 3 is 2.71 bits per heavy atom. The van der Waals surface area contributed by atoms with Crippen molar-refractivity contribution >= 4 is 5.97 Å². The van der Waals surface area contributed by atoms with E-state index in [0.717, 1.165) is 25.3 Å². The molecule has 1 aliphatic carbocycles. The lowest BCUT2D eigenvalue weighted by Crippen LogP contribution is -2.42. The quantitative estimate of drug-likeness (QED) is 0.896. The Morgan fingerprint density at radius 1 is 1.38 bits per heavy atom. The molecule has 116 valence electrons. The number of alkyl halides is 3. The lowest BCUT2D eigenvalue weighted by Gasteiger charge is -2.24. The number of benzene rings is 1. The van der Waals surface area contributed by atoms with Gasteiger partial charge in [0.1, 0.15) is 6.04 Å². The van der Waals surface area contributed by atoms with E-state index in [1.807, 2.05) is 0 Å². The number of carboxylic acid groups (broad SMARTS) is 1. The number of nitrogens with one attached hydrogen (secondary N) is 1. The van der Waals surface area contributed by atoms with Crippen LogP contribution in [-0.4, -0.2) is 23.2 Å². The standard InChI is InChI=1S/C15H18F3NO2/c1-9(14(20)21)19-13-7-3-6-12(13)10-4-2-5-11(8-10)15(16,17)18/h2,4-5,8-9,12-13,19H,3,6-7H2,1H3,(H,20,21). The van der Waals surface area contributed by atoms with Crippen molar-refractivity contribution in [2.75, 3.05) is 0 Å². The van der Waals surface area contributed by atoms with E-state index in [-0.39, 0.29) is 12.0 Å². The van der Waals surface area contributed by atoms with Crippen LogP contribution in [0.15, 0.2) is 24.3 Å². The highest BCUT2D eigenvalue weighted by Gasteiger charge is 2.34. The van der Waals surface area contributed by atoms with Gasteiger partial charge >= 0.3 is 12.1 Å². The summed E-state index contributed by atoms with van der Waals surface area (Å²) in [7, 11) is 0. The molecule has 3 atom stereocenters. The average molecular weight is 301 g/mol. The molecule has 2 N–H and O–H groups in total. The molecule has 21 heavy (non-hydrogen) atoms. The maximum Gasteiger partial charge on any atom is 0.416 e. The summed E-state index contributed by atoms with van der Waals surface area (Å²) in [6, 6.07) is 4.53. The molecule has 1 saturated carbocycles. The van der Waals surface area contributed by atoms with Crippen LogP contribution in [0.2, 0.25) is 0 Å². The Labute approximate surface area is 121 Å². The van der Waals surface area contributed by atoms with E-state index in [1.54, 1.807) is 13.0 Å². The number of carbonyl (C=O) groups is 1. The first-order valence-corrected chi connectivity index (χ1v) is 6.95. The maximum absolute atomic E-state index is 12.8. The third-order valence-corrected chi connectivity index (χ3v) is 3.99. The Hall–Kier alpha value is -1.56. The topological polar surface area (TPSA) is 49.3 Å². The van der Waals surface area contributed by atoms with Gasteiger partial charge in [-0.3, -0.25) is 4.79 Å². The van der Waals surface area contributed by atoms with Gasteiger partial charge in [-0.15, -0.1) is 0 Å². The van der Waals surface area contributed by atoms with Crippen molar-refractivity contribution in [2.45, 2.75) is 50.4 Å². The van der Waals surface area contributed by atoms with Crippen LogP contribution < -0.4 is 5.32 Å². The first-order valence-electron chi connectivity index (χ1n) is 6.95. The number of rotatable bonds is 4. The highest BCUT2D eigenvalue weighted by atomic mass is 19.4. The molecular weight excluding hydrogens is 283 g/mol. The number of carboxylic acids is 1. The van der Waals surface area contributed by atoms with E-state index in [0.29, 0.717) is 5.56 Å². The molecule has 0 saturated heterocycles. The third-order valence-electron chi connectivity index (χ3n) is 3.99. The van der Waals surface area contributed by atoms with E-state index in [9.17, 15) is 18.0 Å². The van der Waals surface area contributed by atoms with Gasteiger partial charge in [-0.05, 0) is 37.3 Å². The van der Waals surface area contributed by atoms with Gasteiger partial charge in [0.15, 0.2) is 0 Å². The molecule has 0 spiro atoms. The summed E-state index contributed by atoms with van der Waals surface area (Å²) in [5.41, 5.74) is -0.0330. The molecular formula is C15H18F3NO2. The second kappa shape index (κ2) is 6.05. The van der Waals surface area contributed by atoms with E-state index < -0.39 is 23.8 Å². The fourth-order valence-corrected chi connectivity index (χ4v) is 2.90. The molecule has 3 nitrogen and oxygen atoms in total. The van der Waals surface area contributed by atoms with Gasteiger partial charge < -0.3 is 10.4 Å². The minimum absolute atomic E-state index is 0.0749. The predicted molar refractivity (Wildman–Crippen MR) is 72.1 cm³/mol. The van der Waals surface area contributed by atoms with Crippen molar-refractivity contribution in [1.82, 2.24) is 5.32 Å². The molecule has 3 unspecified atom stereocenters. The molecule has 1 fully saturated rings. The van der Waals surface area contributed by atoms with Crippen molar-refractivity contribution in [3.05, 3.63) is 35.4 Å². The molecule has 0 amide bonds. The normalized spacial score (nSPS) is 24.0. The van der Waals surface area contributed by atoms with Gasteiger partial charge in [0, 0.05) is 6.04 Å². The van der Waals surface area contributed by atoms with Gasteiger partial charge in [0.05, 0.1) is 5.56 Å². The number of hydrogen-bond donors (Lipinski definition) is 2. The molecule has 0 bridgehead atoms. The van der Waals surface area contributed by atoms with Gasteiger partial charge in [0.25, 0.3) is 0 Å². The highest BCUT2D eigenvalue weighted by molar-refractivity contribution is 5.72. The van der Waals surface area contributed by atoms with Crippen molar-refractivity contribution in [2.24, 2.45) is 0 Å². The molecule has 1 aromatic carbocycles. The van der Waals surface area contributed by atoms with Gasteiger partial charge in [-0.25, -0.2) is 0 Å². The Kier molecular flexibility index (Phi) is 4.56. The highest BCUT2D eigenvalue weighted by Crippen LogP contribution is 2.37. The summed E-state index contributed by atoms with van der Waals surface area (Å²) >= 11 is 0. The number of hydrogen-bond acceptors (Lipinski definition) is 2. The minimum Gasteiger partial charge on any atom is -0.480 e. The van der Waals surface area contributed by atoms with Crippen molar-refractivity contribution in [3.8, 4) is 0 Å². The first kappa shape index (κ1) is 15.8. The third kappa shape index (κ3) is 3.75. The molecule has 0 heterocycles. The number of aliphatic carboxylic acids is 1. The van der Waals surface area contributed by atoms with E-state index in [2.05, 4.69) is 5.32 Å². The Bertz CT molecular complexity index is 516. The summed E-state index contributed by atoms with van der Waals surface area (Å²) in [6.45, 7) is 1.55. The minimum atomic E-state index is -4.36. The predicted octanol–water partition coefficient (Wildman–Crippen LogP) is 3.40. The molecule has 6 heteroatoms. The van der Waals surface area contributed by atoms with Crippen LogP contribution in [-0.2, 0) is 11.0 Å². The van der Waals surface area contributed by atoms with Crippen molar-refractivity contribution < 1.29 is 23.1 Å². The van der Waals surface area contributed by atoms with E-state index >= 15 is 0 Å². The average Bonchev–Trinajstić information content (AvgIpc) is 2.86. The fourth-order valence-electron chi connectivity index (χ4n) is 2.90. The Balaban J connectivity index is 2.18. The summed E-state index contributed by atoms with van der Waals surface area (Å²) in [5.74, 6) is -1.03. The second-order valence-corrected chi connectivity index (χ2v) is 5.49. The van der Waals surface area contributed by atoms with Crippen molar-refractivity contribution in [1.29, 1.82) is 0 Å². The smallest absolute Gasteiger partial charge is 0.416 e. The van der Waals surface area contributed by atoms with Crippen LogP contribution >= 0.6 is 0 Å². The van der Waals surface area contributed by atoms with E-state index in [4.69, 9.17) is 5.11 Å². The van der Waals surface area contributed by atoms with Crippen LogP contribution in [0.1, 0.15) is 43.2 Å². The zero-order valence-electron chi connectivity index (χ0n) is 11.7. The lowest BCUT2D eigenvalue weighted by atomic mass is 9.92. The number of halogens is 3. The molecule has 0 radical (unpaired) electrons. The summed E-state index contributed by atoms with van der Waals surface area (Å²) in [6.07, 6.45) is -1.93. The van der Waals surface area contributed by atoms with Gasteiger partial charge in [-0.2, -0.15) is 13.2 Å². The summed E-state index contributed by atoms with van der Waals surface area (Å²) in [5, 5.41) is 11.9. The summed E-state index contributed by atoms with van der Waals surface area (Å²) in [4.78, 5) is 10.9. The van der Waals surface area contributed by atoms with Crippen LogP contribution in [0.5, 0.6) is 0 Å². The molecule has 1 aromatic rings. The van der Waals surface area contributed by atoms with Crippen LogP contribution in [0.4, 0.5) is 13.2 Å². The van der Waals surface area contributed by atoms with Crippen molar-refractivity contribution in [3.63, 3.8) is 0 Å². The lowest BCUT2D eigenvalue weighted by molar-refractivity contribution is -0.139.